The van der Waals surface area contributed by atoms with Crippen molar-refractivity contribution in [2.24, 2.45) is 0 Å². The number of benzene rings is 2. The third-order valence-corrected chi connectivity index (χ3v) is 7.82. The Balaban J connectivity index is 1.45. The molecule has 1 aliphatic heterocycles. The van der Waals surface area contributed by atoms with E-state index in [4.69, 9.17) is 26.4 Å². The van der Waals surface area contributed by atoms with Crippen molar-refractivity contribution in [1.82, 2.24) is 14.8 Å². The fourth-order valence-corrected chi connectivity index (χ4v) is 5.93. The highest BCUT2D eigenvalue weighted by Gasteiger charge is 2.35. The van der Waals surface area contributed by atoms with Gasteiger partial charge in [0.15, 0.2) is 0 Å². The van der Waals surface area contributed by atoms with E-state index in [1.165, 1.54) is 11.8 Å². The number of rotatable bonds is 8. The third-order valence-electron chi connectivity index (χ3n) is 5.64. The minimum atomic E-state index is -0.414. The molecule has 1 unspecified atom stereocenters. The molecule has 2 N–H and O–H groups in total. The van der Waals surface area contributed by atoms with Crippen molar-refractivity contribution in [2.75, 3.05) is 17.2 Å². The lowest BCUT2D eigenvalue weighted by molar-refractivity contribution is -0.113. The van der Waals surface area contributed by atoms with Crippen LogP contribution < -0.4 is 15.4 Å². The molecule has 2 aromatic carbocycles. The quantitative estimate of drug-likeness (QED) is 0.246. The van der Waals surface area contributed by atoms with Crippen molar-refractivity contribution in [1.29, 1.82) is 0 Å². The number of para-hydroxylation sites is 2. The Labute approximate surface area is 222 Å². The molecule has 5 rings (SSSR count). The summed E-state index contributed by atoms with van der Waals surface area (Å²) in [5, 5.41) is 14.4. The van der Waals surface area contributed by atoms with E-state index in [1.54, 1.807) is 16.0 Å². The van der Waals surface area contributed by atoms with Crippen molar-refractivity contribution in [3.8, 4) is 5.75 Å². The van der Waals surface area contributed by atoms with Crippen LogP contribution in [0.25, 0.3) is 0 Å². The number of hydrogen-bond acceptors (Lipinski definition) is 7. The highest BCUT2D eigenvalue weighted by atomic mass is 35.5. The van der Waals surface area contributed by atoms with Crippen LogP contribution in [0.3, 0.4) is 0 Å². The zero-order chi connectivity index (χ0) is 25.1. The standard InChI is InChI=1S/C26H24ClN5O2S2/c1-3-34-20-12-7-6-11-19(20)29-24(33)22-16(2)28-25-30-26(36-15-17-9-4-5-10-18(17)27)31-32(25)23(22)21-13-8-14-35-21/h4-14,23H,3,15H2,1-2H3,(H,29,33)(H,28,30,31). The molecule has 1 amide bonds. The van der Waals surface area contributed by atoms with Crippen LogP contribution in [0.5, 0.6) is 5.75 Å². The van der Waals surface area contributed by atoms with Gasteiger partial charge in [0.25, 0.3) is 5.91 Å². The molecule has 10 heteroatoms. The molecule has 0 spiro atoms. The first-order valence-corrected chi connectivity index (χ1v) is 13.7. The summed E-state index contributed by atoms with van der Waals surface area (Å²) in [5.41, 5.74) is 2.93. The molecule has 0 saturated heterocycles. The van der Waals surface area contributed by atoms with E-state index in [2.05, 4.69) is 10.6 Å². The average Bonchev–Trinajstić information content (AvgIpc) is 3.54. The zero-order valence-electron chi connectivity index (χ0n) is 19.7. The van der Waals surface area contributed by atoms with E-state index >= 15 is 0 Å². The maximum atomic E-state index is 13.7. The number of hydrogen-bond donors (Lipinski definition) is 2. The molecule has 0 saturated carbocycles. The number of thioether (sulfide) groups is 1. The predicted octanol–water partition coefficient (Wildman–Crippen LogP) is 6.61. The summed E-state index contributed by atoms with van der Waals surface area (Å²) in [5.74, 6) is 1.64. The number of aromatic nitrogens is 3. The van der Waals surface area contributed by atoms with Crippen LogP contribution in [0, 0.1) is 0 Å². The second kappa shape index (κ2) is 10.8. The van der Waals surface area contributed by atoms with Gasteiger partial charge in [-0.05, 0) is 49.1 Å². The van der Waals surface area contributed by atoms with Gasteiger partial charge >= 0.3 is 0 Å². The topological polar surface area (TPSA) is 81.1 Å². The number of halogens is 1. The van der Waals surface area contributed by atoms with Gasteiger partial charge in [-0.25, -0.2) is 4.68 Å². The maximum Gasteiger partial charge on any atom is 0.256 e. The van der Waals surface area contributed by atoms with Gasteiger partial charge in [-0.3, -0.25) is 4.79 Å². The molecule has 7 nitrogen and oxygen atoms in total. The second-order valence-corrected chi connectivity index (χ2v) is 10.3. The number of nitrogens with one attached hydrogen (secondary N) is 2. The third kappa shape index (κ3) is 5.00. The number of fused-ring (bicyclic) bond motifs is 1. The Morgan fingerprint density at radius 1 is 1.19 bits per heavy atom. The number of ether oxygens (including phenoxy) is 1. The first-order valence-electron chi connectivity index (χ1n) is 11.4. The van der Waals surface area contributed by atoms with Crippen LogP contribution in [-0.2, 0) is 10.5 Å². The zero-order valence-corrected chi connectivity index (χ0v) is 22.1. The van der Waals surface area contributed by atoms with Crippen LogP contribution in [-0.4, -0.2) is 27.3 Å². The highest BCUT2D eigenvalue weighted by Crippen LogP contribution is 2.39. The van der Waals surface area contributed by atoms with Crippen LogP contribution in [0.1, 0.15) is 30.3 Å². The summed E-state index contributed by atoms with van der Waals surface area (Å²) in [4.78, 5) is 19.4. The largest absolute Gasteiger partial charge is 0.492 e. The van der Waals surface area contributed by atoms with Crippen LogP contribution in [0.4, 0.5) is 11.6 Å². The van der Waals surface area contributed by atoms with Gasteiger partial charge < -0.3 is 15.4 Å². The number of amides is 1. The first kappa shape index (κ1) is 24.4. The molecular formula is C26H24ClN5O2S2. The molecule has 0 radical (unpaired) electrons. The van der Waals surface area contributed by atoms with E-state index in [0.29, 0.717) is 45.5 Å². The van der Waals surface area contributed by atoms with Gasteiger partial charge in [0.05, 0.1) is 17.9 Å². The summed E-state index contributed by atoms with van der Waals surface area (Å²) in [6, 6.07) is 18.7. The molecule has 2 aromatic heterocycles. The maximum absolute atomic E-state index is 13.7. The number of anilines is 2. The fourth-order valence-electron chi connectivity index (χ4n) is 4.00. The monoisotopic (exact) mass is 537 g/mol. The summed E-state index contributed by atoms with van der Waals surface area (Å²) < 4.78 is 7.49. The van der Waals surface area contributed by atoms with E-state index in [9.17, 15) is 4.79 Å². The minimum absolute atomic E-state index is 0.225. The van der Waals surface area contributed by atoms with Gasteiger partial charge in [-0.1, -0.05) is 59.8 Å². The van der Waals surface area contributed by atoms with Gasteiger partial charge in [0, 0.05) is 21.3 Å². The molecule has 1 aliphatic rings. The minimum Gasteiger partial charge on any atom is -0.492 e. The SMILES string of the molecule is CCOc1ccccc1NC(=O)C1=C(C)Nc2nc(SCc3ccccc3Cl)nn2C1c1cccs1. The Morgan fingerprint density at radius 3 is 2.78 bits per heavy atom. The second-order valence-electron chi connectivity index (χ2n) is 8.01. The lowest BCUT2D eigenvalue weighted by Crippen LogP contribution is -2.31. The molecule has 4 aromatic rings. The average molecular weight is 538 g/mol. The molecule has 1 atom stereocenters. The van der Waals surface area contributed by atoms with Crippen LogP contribution in [0.15, 0.2) is 82.5 Å². The van der Waals surface area contributed by atoms with Gasteiger partial charge in [0.1, 0.15) is 11.8 Å². The van der Waals surface area contributed by atoms with E-state index in [-0.39, 0.29) is 5.91 Å². The Hall–Kier alpha value is -3.27. The van der Waals surface area contributed by atoms with Crippen molar-refractivity contribution < 1.29 is 9.53 Å². The van der Waals surface area contributed by atoms with Gasteiger partial charge in [-0.2, -0.15) is 4.98 Å². The Morgan fingerprint density at radius 2 is 2.00 bits per heavy atom. The molecular weight excluding hydrogens is 514 g/mol. The van der Waals surface area contributed by atoms with E-state index in [0.717, 1.165) is 16.1 Å². The number of nitrogens with zero attached hydrogens (tertiary/aromatic N) is 3. The summed E-state index contributed by atoms with van der Waals surface area (Å²) >= 11 is 9.40. The fraction of sp³-hybridized carbons (Fsp3) is 0.192. The van der Waals surface area contributed by atoms with Gasteiger partial charge in [0.2, 0.25) is 11.1 Å². The van der Waals surface area contributed by atoms with Crippen molar-refractivity contribution in [3.63, 3.8) is 0 Å². The van der Waals surface area contributed by atoms with Crippen LogP contribution >= 0.6 is 34.7 Å². The number of carbonyl (C=O) groups is 1. The first-order chi connectivity index (χ1) is 17.5. The molecule has 0 bridgehead atoms. The molecule has 0 aliphatic carbocycles. The van der Waals surface area contributed by atoms with Crippen LogP contribution in [0.2, 0.25) is 5.02 Å². The van der Waals surface area contributed by atoms with E-state index < -0.39 is 6.04 Å². The predicted molar refractivity (Wildman–Crippen MR) is 146 cm³/mol. The smallest absolute Gasteiger partial charge is 0.256 e. The van der Waals surface area contributed by atoms with Crippen molar-refractivity contribution in [2.45, 2.75) is 30.8 Å². The van der Waals surface area contributed by atoms with E-state index in [1.807, 2.05) is 79.9 Å². The molecule has 184 valence electrons. The molecule has 36 heavy (non-hydrogen) atoms. The van der Waals surface area contributed by atoms with Crippen molar-refractivity contribution in [3.05, 3.63) is 92.8 Å². The number of carbonyl (C=O) groups excluding carboxylic acids is 1. The normalized spacial score (nSPS) is 14.8. The molecule has 0 fully saturated rings. The number of allylic oxidation sites excluding steroid dienone is 1. The summed E-state index contributed by atoms with van der Waals surface area (Å²) in [6.45, 7) is 4.31. The van der Waals surface area contributed by atoms with Gasteiger partial charge in [-0.15, -0.1) is 16.4 Å². The highest BCUT2D eigenvalue weighted by molar-refractivity contribution is 7.98. The lowest BCUT2D eigenvalue weighted by atomic mass is 10.0. The Kier molecular flexibility index (Phi) is 7.31. The summed E-state index contributed by atoms with van der Waals surface area (Å²) in [6.07, 6.45) is 0. The molecule has 3 heterocycles. The lowest BCUT2D eigenvalue weighted by Gasteiger charge is -2.27. The van der Waals surface area contributed by atoms with Crippen molar-refractivity contribution >= 4 is 52.2 Å². The summed E-state index contributed by atoms with van der Waals surface area (Å²) in [7, 11) is 0. The number of thiophene rings is 1. The Bertz CT molecular complexity index is 1420.